The van der Waals surface area contributed by atoms with Gasteiger partial charge in [0, 0.05) is 33.7 Å². The quantitative estimate of drug-likeness (QED) is 0.641. The molecule has 20 heavy (non-hydrogen) atoms. The minimum absolute atomic E-state index is 0.0662. The van der Waals surface area contributed by atoms with Gasteiger partial charge in [-0.05, 0) is 43.3 Å². The van der Waals surface area contributed by atoms with Gasteiger partial charge in [-0.3, -0.25) is 4.79 Å². The number of halogens is 1. The molecular weight excluding hydrogens is 314 g/mol. The van der Waals surface area contributed by atoms with Gasteiger partial charge >= 0.3 is 0 Å². The van der Waals surface area contributed by atoms with Crippen LogP contribution >= 0.6 is 15.9 Å². The summed E-state index contributed by atoms with van der Waals surface area (Å²) in [5, 5.41) is 1.11. The Morgan fingerprint density at radius 2 is 1.85 bits per heavy atom. The lowest BCUT2D eigenvalue weighted by Gasteiger charge is -2.07. The summed E-state index contributed by atoms with van der Waals surface area (Å²) in [7, 11) is 0. The summed E-state index contributed by atoms with van der Waals surface area (Å²) >= 11 is 3.39. The fraction of sp³-hybridized carbons (Fsp3) is 0.118. The Morgan fingerprint density at radius 1 is 1.10 bits per heavy atom. The van der Waals surface area contributed by atoms with E-state index in [9.17, 15) is 4.79 Å². The number of hydrogen-bond donors (Lipinski definition) is 0. The number of carbonyl (C=O) groups is 1. The van der Waals surface area contributed by atoms with Gasteiger partial charge in [-0.25, -0.2) is 0 Å². The maximum atomic E-state index is 12.7. The number of ketones is 1. The summed E-state index contributed by atoms with van der Waals surface area (Å²) in [6.07, 6.45) is 2.03. The van der Waals surface area contributed by atoms with E-state index in [2.05, 4.69) is 33.5 Å². The molecule has 3 heteroatoms. The summed E-state index contributed by atoms with van der Waals surface area (Å²) in [4.78, 5) is 12.7. The van der Waals surface area contributed by atoms with Crippen molar-refractivity contribution >= 4 is 32.6 Å². The Balaban J connectivity index is 2.16. The molecular formula is C17H14BrNO. The van der Waals surface area contributed by atoms with Crippen molar-refractivity contribution in [1.29, 1.82) is 0 Å². The molecule has 0 amide bonds. The van der Waals surface area contributed by atoms with E-state index in [1.54, 1.807) is 0 Å². The second-order valence-electron chi connectivity index (χ2n) is 4.68. The van der Waals surface area contributed by atoms with Crippen molar-refractivity contribution in [2.45, 2.75) is 13.5 Å². The first-order valence-electron chi connectivity index (χ1n) is 6.59. The number of rotatable bonds is 3. The summed E-state index contributed by atoms with van der Waals surface area (Å²) in [5.74, 6) is 0.0662. The highest BCUT2D eigenvalue weighted by Crippen LogP contribution is 2.23. The highest BCUT2D eigenvalue weighted by molar-refractivity contribution is 9.10. The molecule has 3 aromatic rings. The standard InChI is InChI=1S/C17H14BrNO/c1-2-19-11-10-12-4-3-5-15(16(12)19)17(20)13-6-8-14(18)9-7-13/h3-11H,2H2,1H3. The molecule has 0 N–H and O–H groups in total. The molecule has 0 unspecified atom stereocenters. The van der Waals surface area contributed by atoms with E-state index in [1.165, 1.54) is 0 Å². The molecule has 0 aliphatic heterocycles. The van der Waals surface area contributed by atoms with Gasteiger partial charge in [0.2, 0.25) is 0 Å². The topological polar surface area (TPSA) is 22.0 Å². The van der Waals surface area contributed by atoms with Crippen molar-refractivity contribution in [2.75, 3.05) is 0 Å². The molecule has 0 atom stereocenters. The van der Waals surface area contributed by atoms with Crippen LogP contribution in [0.5, 0.6) is 0 Å². The molecule has 0 radical (unpaired) electrons. The lowest BCUT2D eigenvalue weighted by atomic mass is 10.0. The Morgan fingerprint density at radius 3 is 2.55 bits per heavy atom. The SMILES string of the molecule is CCn1ccc2cccc(C(=O)c3ccc(Br)cc3)c21. The molecule has 0 bridgehead atoms. The van der Waals surface area contributed by atoms with Crippen LogP contribution in [0.2, 0.25) is 0 Å². The van der Waals surface area contributed by atoms with Gasteiger partial charge < -0.3 is 4.57 Å². The first-order valence-corrected chi connectivity index (χ1v) is 7.38. The zero-order valence-corrected chi connectivity index (χ0v) is 12.7. The van der Waals surface area contributed by atoms with Crippen LogP contribution in [-0.4, -0.2) is 10.4 Å². The third-order valence-corrected chi connectivity index (χ3v) is 4.01. The Labute approximate surface area is 126 Å². The normalized spacial score (nSPS) is 10.9. The molecule has 3 rings (SSSR count). The lowest BCUT2D eigenvalue weighted by molar-refractivity contribution is 0.104. The van der Waals surface area contributed by atoms with Crippen molar-refractivity contribution in [3.8, 4) is 0 Å². The van der Waals surface area contributed by atoms with E-state index in [-0.39, 0.29) is 5.78 Å². The number of fused-ring (bicyclic) bond motifs is 1. The second-order valence-corrected chi connectivity index (χ2v) is 5.60. The second kappa shape index (κ2) is 5.25. The van der Waals surface area contributed by atoms with Crippen LogP contribution in [0.3, 0.4) is 0 Å². The molecule has 2 aromatic carbocycles. The average molecular weight is 328 g/mol. The van der Waals surface area contributed by atoms with E-state index >= 15 is 0 Å². The highest BCUT2D eigenvalue weighted by atomic mass is 79.9. The van der Waals surface area contributed by atoms with Gasteiger partial charge in [0.25, 0.3) is 0 Å². The molecule has 0 aliphatic rings. The van der Waals surface area contributed by atoms with Crippen molar-refractivity contribution in [3.63, 3.8) is 0 Å². The minimum Gasteiger partial charge on any atom is -0.347 e. The van der Waals surface area contributed by atoms with Gasteiger partial charge in [-0.2, -0.15) is 0 Å². The summed E-state index contributed by atoms with van der Waals surface area (Å²) in [6, 6.07) is 15.4. The van der Waals surface area contributed by atoms with Crippen LogP contribution < -0.4 is 0 Å². The number of para-hydroxylation sites is 1. The van der Waals surface area contributed by atoms with Gasteiger partial charge in [-0.1, -0.05) is 28.1 Å². The number of nitrogens with zero attached hydrogens (tertiary/aromatic N) is 1. The maximum absolute atomic E-state index is 12.7. The molecule has 0 aliphatic carbocycles. The third kappa shape index (κ3) is 2.18. The number of aryl methyl sites for hydroxylation is 1. The smallest absolute Gasteiger partial charge is 0.195 e. The van der Waals surface area contributed by atoms with E-state index in [4.69, 9.17) is 0 Å². The number of hydrogen-bond acceptors (Lipinski definition) is 1. The van der Waals surface area contributed by atoms with Crippen molar-refractivity contribution in [3.05, 3.63) is 70.3 Å². The van der Waals surface area contributed by atoms with E-state index in [1.807, 2.05) is 48.7 Å². The summed E-state index contributed by atoms with van der Waals surface area (Å²) in [6.45, 7) is 2.94. The molecule has 0 spiro atoms. The van der Waals surface area contributed by atoms with Crippen LogP contribution in [0, 0.1) is 0 Å². The molecule has 100 valence electrons. The van der Waals surface area contributed by atoms with E-state index in [0.29, 0.717) is 5.56 Å². The highest BCUT2D eigenvalue weighted by Gasteiger charge is 2.14. The monoisotopic (exact) mass is 327 g/mol. The van der Waals surface area contributed by atoms with Crippen molar-refractivity contribution in [1.82, 2.24) is 4.57 Å². The number of carbonyl (C=O) groups excluding carboxylic acids is 1. The largest absolute Gasteiger partial charge is 0.347 e. The zero-order chi connectivity index (χ0) is 14.1. The van der Waals surface area contributed by atoms with Gasteiger partial charge in [-0.15, -0.1) is 0 Å². The van der Waals surface area contributed by atoms with Gasteiger partial charge in [0.1, 0.15) is 0 Å². The van der Waals surface area contributed by atoms with Crippen molar-refractivity contribution < 1.29 is 4.79 Å². The van der Waals surface area contributed by atoms with Crippen LogP contribution in [0.15, 0.2) is 59.2 Å². The first-order chi connectivity index (χ1) is 9.70. The molecule has 0 fully saturated rings. The zero-order valence-electron chi connectivity index (χ0n) is 11.1. The van der Waals surface area contributed by atoms with Gasteiger partial charge in [0.15, 0.2) is 5.78 Å². The fourth-order valence-corrected chi connectivity index (χ4v) is 2.73. The molecule has 1 aromatic heterocycles. The van der Waals surface area contributed by atoms with Crippen LogP contribution in [0.25, 0.3) is 10.9 Å². The van der Waals surface area contributed by atoms with Crippen LogP contribution in [0.1, 0.15) is 22.8 Å². The van der Waals surface area contributed by atoms with Crippen molar-refractivity contribution in [2.24, 2.45) is 0 Å². The maximum Gasteiger partial charge on any atom is 0.195 e. The molecule has 0 saturated carbocycles. The minimum atomic E-state index is 0.0662. The Kier molecular flexibility index (Phi) is 3.45. The Bertz CT molecular complexity index is 771. The molecule has 2 nitrogen and oxygen atoms in total. The van der Waals surface area contributed by atoms with E-state index < -0.39 is 0 Å². The van der Waals surface area contributed by atoms with Gasteiger partial charge in [0.05, 0.1) is 5.52 Å². The lowest BCUT2D eigenvalue weighted by Crippen LogP contribution is -2.04. The predicted molar refractivity (Wildman–Crippen MR) is 85.2 cm³/mol. The summed E-state index contributed by atoms with van der Waals surface area (Å²) in [5.41, 5.74) is 2.49. The van der Waals surface area contributed by atoms with Crippen LogP contribution in [-0.2, 0) is 6.54 Å². The predicted octanol–water partition coefficient (Wildman–Crippen LogP) is 4.65. The average Bonchev–Trinajstić information content (AvgIpc) is 2.90. The number of aromatic nitrogens is 1. The van der Waals surface area contributed by atoms with Crippen LogP contribution in [0.4, 0.5) is 0 Å². The summed E-state index contributed by atoms with van der Waals surface area (Å²) < 4.78 is 3.09. The van der Waals surface area contributed by atoms with E-state index in [0.717, 1.165) is 27.5 Å². The fourth-order valence-electron chi connectivity index (χ4n) is 2.46. The number of benzene rings is 2. The third-order valence-electron chi connectivity index (χ3n) is 3.48. The molecule has 1 heterocycles. The first kappa shape index (κ1) is 13.1. The molecule has 0 saturated heterocycles. The Hall–Kier alpha value is -1.87.